The maximum absolute atomic E-state index is 12.4. The summed E-state index contributed by atoms with van der Waals surface area (Å²) in [4.78, 5) is 14.7. The molecule has 0 unspecified atom stereocenters. The number of rotatable bonds is 7. The number of benzene rings is 2. The van der Waals surface area contributed by atoms with Crippen molar-refractivity contribution >= 4 is 28.9 Å². The maximum Gasteiger partial charge on any atom is 0.338 e. The highest BCUT2D eigenvalue weighted by atomic mass is 35.5. The molecule has 3 aromatic rings. The number of ether oxygens (including phenoxy) is 1. The summed E-state index contributed by atoms with van der Waals surface area (Å²) in [6, 6.07) is 9.66. The Hall–Kier alpha value is -2.87. The smallest absolute Gasteiger partial charge is 0.338 e. The summed E-state index contributed by atoms with van der Waals surface area (Å²) in [5.74, 6) is 0.190. The van der Waals surface area contributed by atoms with Crippen LogP contribution in [-0.2, 0) is 11.3 Å². The lowest BCUT2D eigenvalue weighted by Crippen LogP contribution is -2.27. The maximum atomic E-state index is 12.4. The van der Waals surface area contributed by atoms with E-state index in [0.717, 1.165) is 78.4 Å². The van der Waals surface area contributed by atoms with Crippen molar-refractivity contribution in [1.29, 1.82) is 0 Å². The van der Waals surface area contributed by atoms with Crippen LogP contribution in [0.3, 0.4) is 0 Å². The van der Waals surface area contributed by atoms with E-state index in [1.165, 1.54) is 0 Å². The normalized spacial score (nSPS) is 16.8. The number of aromatic nitrogens is 1. The number of halogens is 1. The van der Waals surface area contributed by atoms with Gasteiger partial charge in [0, 0.05) is 31.8 Å². The van der Waals surface area contributed by atoms with Crippen LogP contribution in [0, 0.1) is 13.8 Å². The molecule has 5 rings (SSSR count). The summed E-state index contributed by atoms with van der Waals surface area (Å²) in [5, 5.41) is 18.2. The molecule has 1 saturated heterocycles. The molecule has 7 nitrogen and oxygen atoms in total. The van der Waals surface area contributed by atoms with Crippen LogP contribution in [0.1, 0.15) is 58.1 Å². The van der Waals surface area contributed by atoms with Crippen molar-refractivity contribution in [2.24, 2.45) is 0 Å². The van der Waals surface area contributed by atoms with E-state index in [2.05, 4.69) is 21.4 Å². The van der Waals surface area contributed by atoms with E-state index in [1.807, 2.05) is 38.1 Å². The Bertz CT molecular complexity index is 1220. The quantitative estimate of drug-likeness (QED) is 0.406. The van der Waals surface area contributed by atoms with Crippen LogP contribution in [0.2, 0.25) is 5.02 Å². The monoisotopic (exact) mass is 495 g/mol. The zero-order valence-corrected chi connectivity index (χ0v) is 20.8. The minimum Gasteiger partial charge on any atom is -0.478 e. The number of anilines is 2. The zero-order valence-electron chi connectivity index (χ0n) is 20.1. The van der Waals surface area contributed by atoms with Gasteiger partial charge in [0.1, 0.15) is 5.76 Å². The molecule has 2 N–H and O–H groups in total. The number of aryl methyl sites for hydroxylation is 2. The lowest BCUT2D eigenvalue weighted by molar-refractivity contribution is 0.0695. The molecule has 0 amide bonds. The largest absolute Gasteiger partial charge is 0.478 e. The van der Waals surface area contributed by atoms with Gasteiger partial charge in [-0.15, -0.1) is 0 Å². The predicted molar refractivity (Wildman–Crippen MR) is 136 cm³/mol. The van der Waals surface area contributed by atoms with Crippen molar-refractivity contribution in [3.63, 3.8) is 0 Å². The van der Waals surface area contributed by atoms with Crippen LogP contribution in [0.25, 0.3) is 11.1 Å². The number of nitrogens with one attached hydrogen (secondary N) is 1. The van der Waals surface area contributed by atoms with Crippen LogP contribution in [0.15, 0.2) is 34.9 Å². The first-order chi connectivity index (χ1) is 16.9. The van der Waals surface area contributed by atoms with Gasteiger partial charge >= 0.3 is 5.97 Å². The minimum absolute atomic E-state index is 0.283. The van der Waals surface area contributed by atoms with Gasteiger partial charge in [0.25, 0.3) is 0 Å². The highest BCUT2D eigenvalue weighted by Crippen LogP contribution is 2.48. The average Bonchev–Trinajstić information content (AvgIpc) is 3.64. The fraction of sp³-hybridized carbons (Fsp3) is 0.407. The van der Waals surface area contributed by atoms with E-state index in [0.29, 0.717) is 29.8 Å². The summed E-state index contributed by atoms with van der Waals surface area (Å²) in [7, 11) is 0. The lowest BCUT2D eigenvalue weighted by Gasteiger charge is -2.22. The van der Waals surface area contributed by atoms with Crippen molar-refractivity contribution in [1.82, 2.24) is 10.1 Å². The predicted octanol–water partition coefficient (Wildman–Crippen LogP) is 6.15. The Morgan fingerprint density at radius 2 is 2.06 bits per heavy atom. The Morgan fingerprint density at radius 1 is 1.23 bits per heavy atom. The third-order valence-electron chi connectivity index (χ3n) is 6.79. The van der Waals surface area contributed by atoms with Gasteiger partial charge < -0.3 is 19.7 Å². The zero-order chi connectivity index (χ0) is 24.5. The molecule has 2 aliphatic rings. The van der Waals surface area contributed by atoms with Crippen LogP contribution in [0.5, 0.6) is 0 Å². The molecule has 2 heterocycles. The van der Waals surface area contributed by atoms with Crippen molar-refractivity contribution in [3.05, 3.63) is 63.5 Å². The highest BCUT2D eigenvalue weighted by Gasteiger charge is 2.30. The molecule has 0 spiro atoms. The van der Waals surface area contributed by atoms with Crippen molar-refractivity contribution in [2.75, 3.05) is 31.6 Å². The first-order valence-electron chi connectivity index (χ1n) is 12.1. The Balaban J connectivity index is 1.51. The van der Waals surface area contributed by atoms with E-state index in [-0.39, 0.29) is 5.56 Å². The molecule has 1 saturated carbocycles. The van der Waals surface area contributed by atoms with Gasteiger partial charge in [-0.05, 0) is 73.9 Å². The second kappa shape index (κ2) is 10.0. The molecule has 0 bridgehead atoms. The van der Waals surface area contributed by atoms with Crippen LogP contribution in [-0.4, -0.2) is 47.4 Å². The number of carbonyl (C=O) groups is 1. The third kappa shape index (κ3) is 5.08. The lowest BCUT2D eigenvalue weighted by atomic mass is 9.97. The number of nitrogens with zero attached hydrogens (tertiary/aromatic N) is 2. The van der Waals surface area contributed by atoms with Crippen molar-refractivity contribution < 1.29 is 19.2 Å². The molecular formula is C27H30ClN3O4. The van der Waals surface area contributed by atoms with Crippen LogP contribution >= 0.6 is 11.6 Å². The van der Waals surface area contributed by atoms with Gasteiger partial charge in [0.2, 0.25) is 0 Å². The molecule has 0 radical (unpaired) electrons. The molecule has 1 aliphatic heterocycles. The van der Waals surface area contributed by atoms with Crippen molar-refractivity contribution in [2.45, 2.75) is 45.6 Å². The summed E-state index contributed by atoms with van der Waals surface area (Å²) >= 11 is 6.84. The Kier molecular flexibility index (Phi) is 6.82. The average molecular weight is 496 g/mol. The molecule has 1 aliphatic carbocycles. The van der Waals surface area contributed by atoms with Gasteiger partial charge in [-0.1, -0.05) is 28.9 Å². The summed E-state index contributed by atoms with van der Waals surface area (Å²) in [6.07, 6.45) is 3.11. The second-order valence-electron chi connectivity index (χ2n) is 9.41. The van der Waals surface area contributed by atoms with Gasteiger partial charge in [0.15, 0.2) is 0 Å². The van der Waals surface area contributed by atoms with Crippen LogP contribution < -0.4 is 5.32 Å². The van der Waals surface area contributed by atoms with Crippen LogP contribution in [0.4, 0.5) is 11.4 Å². The minimum atomic E-state index is -0.953. The molecule has 8 heteroatoms. The first-order valence-corrected chi connectivity index (χ1v) is 12.5. The SMILES string of the molecule is Cc1noc(C)c1-c1cc(Cl)c(Nc2cccc(CN3CCCOCC3)c2C(=O)O)c(C2CC2)c1. The van der Waals surface area contributed by atoms with E-state index in [9.17, 15) is 9.90 Å². The molecule has 2 aromatic carbocycles. The fourth-order valence-corrected chi connectivity index (χ4v) is 5.21. The number of carboxylic acid groups (broad SMARTS) is 1. The van der Waals surface area contributed by atoms with E-state index < -0.39 is 5.97 Å². The number of aromatic carboxylic acids is 1. The second-order valence-corrected chi connectivity index (χ2v) is 9.81. The highest BCUT2D eigenvalue weighted by molar-refractivity contribution is 6.34. The molecule has 184 valence electrons. The van der Waals surface area contributed by atoms with Gasteiger partial charge in [-0.3, -0.25) is 4.90 Å². The van der Waals surface area contributed by atoms with Gasteiger partial charge in [-0.2, -0.15) is 0 Å². The molecule has 35 heavy (non-hydrogen) atoms. The van der Waals surface area contributed by atoms with E-state index >= 15 is 0 Å². The molecule has 0 atom stereocenters. The topological polar surface area (TPSA) is 87.8 Å². The first kappa shape index (κ1) is 23.9. The van der Waals surface area contributed by atoms with E-state index in [4.69, 9.17) is 20.9 Å². The van der Waals surface area contributed by atoms with Crippen molar-refractivity contribution in [3.8, 4) is 11.1 Å². The number of hydrogen-bond donors (Lipinski definition) is 2. The standard InChI is InChI=1S/C27H30ClN3O4/c1-16-24(17(2)35-30-16)20-13-21(18-7-8-18)26(22(28)14-20)29-23-6-3-5-19(25(23)27(32)33)15-31-9-4-11-34-12-10-31/h3,5-6,13-14,18,29H,4,7-12,15H2,1-2H3,(H,32,33). The summed E-state index contributed by atoms with van der Waals surface area (Å²) < 4.78 is 10.9. The Labute approximate surface area is 210 Å². The third-order valence-corrected chi connectivity index (χ3v) is 7.09. The Morgan fingerprint density at radius 3 is 2.77 bits per heavy atom. The molecule has 1 aromatic heterocycles. The summed E-state index contributed by atoms with van der Waals surface area (Å²) in [6.45, 7) is 7.47. The molecular weight excluding hydrogens is 466 g/mol. The van der Waals surface area contributed by atoms with Gasteiger partial charge in [-0.25, -0.2) is 4.79 Å². The molecule has 2 fully saturated rings. The summed E-state index contributed by atoms with van der Waals surface area (Å²) in [5.41, 5.74) is 6.22. The number of carboxylic acids is 1. The van der Waals surface area contributed by atoms with E-state index in [1.54, 1.807) is 0 Å². The van der Waals surface area contributed by atoms with Gasteiger partial charge in [0.05, 0.1) is 34.3 Å². The number of hydrogen-bond acceptors (Lipinski definition) is 6. The fourth-order valence-electron chi connectivity index (χ4n) is 4.94.